The fourth-order valence-electron chi connectivity index (χ4n) is 2.51. The van der Waals surface area contributed by atoms with Crippen molar-refractivity contribution in [3.05, 3.63) is 46.6 Å². The van der Waals surface area contributed by atoms with Gasteiger partial charge in [0.2, 0.25) is 5.13 Å². The van der Waals surface area contributed by atoms with Crippen LogP contribution in [0.4, 0.5) is 27.1 Å². The number of aromatic nitrogens is 2. The van der Waals surface area contributed by atoms with Gasteiger partial charge in [-0.25, -0.2) is 13.8 Å². The van der Waals surface area contributed by atoms with Crippen LogP contribution in [-0.4, -0.2) is 27.5 Å². The van der Waals surface area contributed by atoms with Crippen LogP contribution in [-0.2, 0) is 6.42 Å². The number of carbonyl (C=O) groups excluding carboxylic acids is 1. The van der Waals surface area contributed by atoms with Crippen LogP contribution < -0.4 is 10.1 Å². The molecule has 0 aliphatic heterocycles. The summed E-state index contributed by atoms with van der Waals surface area (Å²) >= 11 is 2.00. The van der Waals surface area contributed by atoms with E-state index in [0.717, 1.165) is 18.5 Å². The Hall–Kier alpha value is -2.60. The molecular formula is C18H14F5N3O2S2. The van der Waals surface area contributed by atoms with Gasteiger partial charge in [-0.1, -0.05) is 12.1 Å². The number of aryl methyl sites for hydroxylation is 1. The number of rotatable bonds is 6. The van der Waals surface area contributed by atoms with Gasteiger partial charge in [0.15, 0.2) is 5.82 Å². The van der Waals surface area contributed by atoms with E-state index in [1.165, 1.54) is 35.6 Å². The molecule has 0 aliphatic carbocycles. The van der Waals surface area contributed by atoms with Crippen molar-refractivity contribution in [3.8, 4) is 16.2 Å². The molecule has 2 heterocycles. The summed E-state index contributed by atoms with van der Waals surface area (Å²) in [7, 11) is 0. The third kappa shape index (κ3) is 5.95. The van der Waals surface area contributed by atoms with E-state index in [9.17, 15) is 26.7 Å². The van der Waals surface area contributed by atoms with Crippen LogP contribution in [0.2, 0.25) is 0 Å². The standard InChI is InChI=1S/C18H14F5N3O2S2/c1-9-12(15(27)25-16-24-14(26-30-16)8-17(2,19)20)7-13(29-9)10-4-3-5-11(6-10)28-18(21,22)23/h3-7H,8H2,1-2H3,(H,24,25,26,27). The SMILES string of the molecule is Cc1sc(-c2cccc(OC(F)(F)F)c2)cc1C(=O)Nc1nc(CC(C)(F)F)ns1. The molecule has 0 fully saturated rings. The van der Waals surface area contributed by atoms with Gasteiger partial charge in [0.1, 0.15) is 5.75 Å². The minimum absolute atomic E-state index is 0.0759. The summed E-state index contributed by atoms with van der Waals surface area (Å²) in [6, 6.07) is 6.94. The van der Waals surface area contributed by atoms with E-state index < -0.39 is 24.6 Å². The van der Waals surface area contributed by atoms with Crippen LogP contribution in [0, 0.1) is 6.92 Å². The molecular weight excluding hydrogens is 449 g/mol. The lowest BCUT2D eigenvalue weighted by atomic mass is 10.1. The Morgan fingerprint density at radius 3 is 2.60 bits per heavy atom. The smallest absolute Gasteiger partial charge is 0.406 e. The maximum atomic E-state index is 13.0. The molecule has 160 valence electrons. The second kappa shape index (κ2) is 8.26. The number of anilines is 1. The number of ether oxygens (including phenoxy) is 1. The third-order valence-corrected chi connectivity index (χ3v) is 5.44. The van der Waals surface area contributed by atoms with E-state index in [0.29, 0.717) is 15.3 Å². The molecule has 0 atom stereocenters. The van der Waals surface area contributed by atoms with E-state index in [1.54, 1.807) is 13.0 Å². The molecule has 3 aromatic rings. The first-order valence-corrected chi connectivity index (χ1v) is 9.97. The van der Waals surface area contributed by atoms with E-state index in [4.69, 9.17) is 0 Å². The van der Waals surface area contributed by atoms with Gasteiger partial charge in [-0.2, -0.15) is 4.37 Å². The van der Waals surface area contributed by atoms with Crippen LogP contribution in [0.1, 0.15) is 28.0 Å². The molecule has 1 amide bonds. The number of halogens is 5. The Balaban J connectivity index is 1.76. The summed E-state index contributed by atoms with van der Waals surface area (Å²) in [5.74, 6) is -3.94. The average Bonchev–Trinajstić information content (AvgIpc) is 3.18. The van der Waals surface area contributed by atoms with Crippen LogP contribution >= 0.6 is 22.9 Å². The highest BCUT2D eigenvalue weighted by Crippen LogP contribution is 2.34. The van der Waals surface area contributed by atoms with Crippen molar-refractivity contribution in [1.29, 1.82) is 0 Å². The van der Waals surface area contributed by atoms with E-state index >= 15 is 0 Å². The minimum Gasteiger partial charge on any atom is -0.406 e. The number of thiophene rings is 1. The zero-order valence-corrected chi connectivity index (χ0v) is 17.1. The topological polar surface area (TPSA) is 64.1 Å². The van der Waals surface area contributed by atoms with Gasteiger partial charge in [-0.3, -0.25) is 10.1 Å². The van der Waals surface area contributed by atoms with Crippen LogP contribution in [0.5, 0.6) is 5.75 Å². The number of nitrogens with one attached hydrogen (secondary N) is 1. The highest BCUT2D eigenvalue weighted by atomic mass is 32.1. The van der Waals surface area contributed by atoms with Crippen molar-refractivity contribution in [3.63, 3.8) is 0 Å². The largest absolute Gasteiger partial charge is 0.573 e. The molecule has 0 saturated heterocycles. The maximum absolute atomic E-state index is 13.0. The zero-order valence-electron chi connectivity index (χ0n) is 15.5. The van der Waals surface area contributed by atoms with Gasteiger partial charge in [0, 0.05) is 21.3 Å². The molecule has 5 nitrogen and oxygen atoms in total. The average molecular weight is 463 g/mol. The molecule has 3 rings (SSSR count). The Morgan fingerprint density at radius 1 is 1.20 bits per heavy atom. The Labute approximate surface area is 175 Å². The van der Waals surface area contributed by atoms with Crippen LogP contribution in [0.3, 0.4) is 0 Å². The summed E-state index contributed by atoms with van der Waals surface area (Å²) in [5, 5.41) is 2.58. The molecule has 1 aromatic carbocycles. The number of benzene rings is 1. The summed E-state index contributed by atoms with van der Waals surface area (Å²) in [6.07, 6.45) is -5.45. The van der Waals surface area contributed by atoms with Crippen LogP contribution in [0.25, 0.3) is 10.4 Å². The molecule has 0 spiro atoms. The third-order valence-electron chi connectivity index (χ3n) is 3.67. The highest BCUT2D eigenvalue weighted by molar-refractivity contribution is 7.15. The van der Waals surface area contributed by atoms with Crippen molar-refractivity contribution in [2.75, 3.05) is 5.32 Å². The summed E-state index contributed by atoms with van der Waals surface area (Å²) < 4.78 is 71.1. The number of carbonyl (C=O) groups is 1. The number of amides is 1. The predicted octanol–water partition coefficient (Wildman–Crippen LogP) is 5.92. The Morgan fingerprint density at radius 2 is 1.93 bits per heavy atom. The number of nitrogens with zero attached hydrogens (tertiary/aromatic N) is 2. The molecule has 0 unspecified atom stereocenters. The maximum Gasteiger partial charge on any atom is 0.573 e. The van der Waals surface area contributed by atoms with Crippen molar-refractivity contribution < 1.29 is 31.5 Å². The van der Waals surface area contributed by atoms with Gasteiger partial charge < -0.3 is 4.74 Å². The Kier molecular flexibility index (Phi) is 6.09. The van der Waals surface area contributed by atoms with Gasteiger partial charge >= 0.3 is 6.36 Å². The predicted molar refractivity (Wildman–Crippen MR) is 103 cm³/mol. The van der Waals surface area contributed by atoms with Gasteiger partial charge in [0.05, 0.1) is 12.0 Å². The molecule has 1 N–H and O–H groups in total. The van der Waals surface area contributed by atoms with E-state index in [2.05, 4.69) is 19.4 Å². The molecule has 0 saturated carbocycles. The van der Waals surface area contributed by atoms with E-state index in [1.807, 2.05) is 0 Å². The second-order valence-electron chi connectivity index (χ2n) is 6.37. The summed E-state index contributed by atoms with van der Waals surface area (Å²) in [4.78, 5) is 17.6. The normalized spacial score (nSPS) is 12.1. The lowest BCUT2D eigenvalue weighted by Crippen LogP contribution is -2.17. The molecule has 2 aromatic heterocycles. The van der Waals surface area contributed by atoms with Crippen molar-refractivity contribution in [2.24, 2.45) is 0 Å². The van der Waals surface area contributed by atoms with E-state index in [-0.39, 0.29) is 22.3 Å². The van der Waals surface area contributed by atoms with Gasteiger partial charge in [-0.15, -0.1) is 24.5 Å². The molecule has 0 bridgehead atoms. The molecule has 30 heavy (non-hydrogen) atoms. The lowest BCUT2D eigenvalue weighted by molar-refractivity contribution is -0.274. The first kappa shape index (κ1) is 22.1. The van der Waals surface area contributed by atoms with Gasteiger partial charge in [-0.05, 0) is 37.6 Å². The minimum atomic E-state index is -4.81. The molecule has 12 heteroatoms. The molecule has 0 radical (unpaired) electrons. The lowest BCUT2D eigenvalue weighted by Gasteiger charge is -2.09. The Bertz CT molecular complexity index is 1060. The number of alkyl halides is 5. The van der Waals surface area contributed by atoms with Crippen LogP contribution in [0.15, 0.2) is 30.3 Å². The number of hydrogen-bond acceptors (Lipinski definition) is 6. The quantitative estimate of drug-likeness (QED) is 0.461. The van der Waals surface area contributed by atoms with Crippen molar-refractivity contribution in [2.45, 2.75) is 32.6 Å². The highest BCUT2D eigenvalue weighted by Gasteiger charge is 2.31. The first-order valence-electron chi connectivity index (χ1n) is 8.38. The fourth-order valence-corrected chi connectivity index (χ4v) is 4.11. The van der Waals surface area contributed by atoms with Crippen molar-refractivity contribution in [1.82, 2.24) is 9.36 Å². The zero-order chi connectivity index (χ0) is 22.1. The molecule has 0 aliphatic rings. The summed E-state index contributed by atoms with van der Waals surface area (Å²) in [5.41, 5.74) is 0.738. The fraction of sp³-hybridized carbons (Fsp3) is 0.278. The summed E-state index contributed by atoms with van der Waals surface area (Å²) in [6.45, 7) is 2.43. The van der Waals surface area contributed by atoms with Gasteiger partial charge in [0.25, 0.3) is 11.8 Å². The number of hydrogen-bond donors (Lipinski definition) is 1. The first-order chi connectivity index (χ1) is 13.9. The van der Waals surface area contributed by atoms with Crippen molar-refractivity contribution >= 4 is 33.9 Å². The monoisotopic (exact) mass is 463 g/mol. The second-order valence-corrected chi connectivity index (χ2v) is 8.38.